The molecule has 0 aliphatic carbocycles. The van der Waals surface area contributed by atoms with E-state index in [2.05, 4.69) is 15.4 Å². The first-order valence-corrected chi connectivity index (χ1v) is 10.5. The fraction of sp³-hybridized carbons (Fsp3) is 0.429. The molecular weight excluding hydrogens is 434 g/mol. The van der Waals surface area contributed by atoms with Crippen LogP contribution in [0.5, 0.6) is 5.75 Å². The van der Waals surface area contributed by atoms with E-state index < -0.39 is 16.9 Å². The second-order valence-electron chi connectivity index (χ2n) is 7.42. The number of thiocarbonyl (C=S) groups is 1. The molecule has 0 bridgehead atoms. The Morgan fingerprint density at radius 3 is 2.66 bits per heavy atom. The molecule has 0 fully saturated rings. The normalized spacial score (nSPS) is 18.0. The Labute approximate surface area is 190 Å². The third kappa shape index (κ3) is 4.47. The van der Waals surface area contributed by atoms with Crippen molar-refractivity contribution in [3.8, 4) is 5.75 Å². The molecule has 0 radical (unpaired) electrons. The van der Waals surface area contributed by atoms with E-state index in [-0.39, 0.29) is 24.8 Å². The van der Waals surface area contributed by atoms with Gasteiger partial charge in [-0.15, -0.1) is 0 Å². The van der Waals surface area contributed by atoms with Gasteiger partial charge in [0, 0.05) is 11.3 Å². The van der Waals surface area contributed by atoms with E-state index in [1.54, 1.807) is 45.6 Å². The van der Waals surface area contributed by atoms with Gasteiger partial charge in [0.15, 0.2) is 5.11 Å². The van der Waals surface area contributed by atoms with Crippen molar-refractivity contribution < 1.29 is 19.2 Å². The molecule has 2 unspecified atom stereocenters. The Balaban J connectivity index is 2.03. The van der Waals surface area contributed by atoms with E-state index in [4.69, 9.17) is 21.7 Å². The van der Waals surface area contributed by atoms with Gasteiger partial charge in [-0.3, -0.25) is 19.6 Å². The van der Waals surface area contributed by atoms with Crippen molar-refractivity contribution in [1.82, 2.24) is 15.1 Å². The predicted molar refractivity (Wildman–Crippen MR) is 122 cm³/mol. The number of hydrogen-bond acceptors (Lipinski definition) is 7. The highest BCUT2D eigenvalue weighted by molar-refractivity contribution is 7.80. The van der Waals surface area contributed by atoms with Gasteiger partial charge in [-0.05, 0) is 57.6 Å². The molecule has 0 amide bonds. The summed E-state index contributed by atoms with van der Waals surface area (Å²) in [5, 5.41) is 19.1. The number of aliphatic imine (C=N–C) groups is 1. The van der Waals surface area contributed by atoms with Crippen molar-refractivity contribution in [2.45, 2.75) is 40.3 Å². The summed E-state index contributed by atoms with van der Waals surface area (Å²) < 4.78 is 12.3. The minimum atomic E-state index is -0.641. The maximum Gasteiger partial charge on any atom is 0.317 e. The molecule has 32 heavy (non-hydrogen) atoms. The average Bonchev–Trinajstić information content (AvgIpc) is 3.00. The Hall–Kier alpha value is -3.34. The Kier molecular flexibility index (Phi) is 6.87. The summed E-state index contributed by atoms with van der Waals surface area (Å²) in [7, 11) is 1.55. The molecule has 0 spiro atoms. The van der Waals surface area contributed by atoms with Crippen molar-refractivity contribution in [2.75, 3.05) is 13.7 Å². The minimum absolute atomic E-state index is 0.00590. The predicted octanol–water partition coefficient (Wildman–Crippen LogP) is 3.03. The molecule has 11 heteroatoms. The molecule has 1 aromatic heterocycles. The Morgan fingerprint density at radius 2 is 2.06 bits per heavy atom. The van der Waals surface area contributed by atoms with Crippen molar-refractivity contribution in [3.05, 3.63) is 50.8 Å². The quantitative estimate of drug-likeness (QED) is 0.290. The molecule has 1 aliphatic rings. The number of nitro groups is 1. The molecular formula is C21H25N5O5S. The number of carbonyl (C=O) groups is 1. The number of ether oxygens (including phenoxy) is 2. The fourth-order valence-corrected chi connectivity index (χ4v) is 4.19. The van der Waals surface area contributed by atoms with Crippen LogP contribution in [-0.4, -0.2) is 45.2 Å². The van der Waals surface area contributed by atoms with Crippen molar-refractivity contribution in [2.24, 2.45) is 10.9 Å². The van der Waals surface area contributed by atoms with Crippen LogP contribution in [0.2, 0.25) is 0 Å². The van der Waals surface area contributed by atoms with Crippen molar-refractivity contribution >= 4 is 34.7 Å². The molecule has 0 saturated heterocycles. The monoisotopic (exact) mass is 459 g/mol. The highest BCUT2D eigenvalue weighted by Gasteiger charge is 2.37. The molecule has 1 aliphatic heterocycles. The summed E-state index contributed by atoms with van der Waals surface area (Å²) >= 11 is 5.26. The van der Waals surface area contributed by atoms with Gasteiger partial charge >= 0.3 is 11.7 Å². The molecule has 2 atom stereocenters. The van der Waals surface area contributed by atoms with E-state index in [9.17, 15) is 14.9 Å². The summed E-state index contributed by atoms with van der Waals surface area (Å²) in [5.41, 5.74) is 2.89. The molecule has 0 saturated carbocycles. The lowest BCUT2D eigenvalue weighted by Crippen LogP contribution is -2.44. The summed E-state index contributed by atoms with van der Waals surface area (Å²) in [4.78, 5) is 27.8. The number of rotatable bonds is 7. The molecule has 1 aromatic carbocycles. The highest BCUT2D eigenvalue weighted by Crippen LogP contribution is 2.32. The van der Waals surface area contributed by atoms with Crippen LogP contribution in [0.25, 0.3) is 0 Å². The van der Waals surface area contributed by atoms with E-state index in [0.717, 1.165) is 11.1 Å². The van der Waals surface area contributed by atoms with Gasteiger partial charge in [0.05, 0.1) is 31.2 Å². The lowest BCUT2D eigenvalue weighted by Gasteiger charge is -2.31. The summed E-state index contributed by atoms with van der Waals surface area (Å²) in [5.74, 6) is -0.432. The number of benzene rings is 1. The first-order valence-electron chi connectivity index (χ1n) is 10.0. The van der Waals surface area contributed by atoms with Crippen LogP contribution < -0.4 is 10.1 Å². The number of esters is 1. The maximum absolute atomic E-state index is 12.7. The van der Waals surface area contributed by atoms with E-state index >= 15 is 0 Å². The van der Waals surface area contributed by atoms with Crippen molar-refractivity contribution in [3.63, 3.8) is 0 Å². The number of methoxy groups -OCH3 is 1. The van der Waals surface area contributed by atoms with Crippen LogP contribution in [0, 0.1) is 29.9 Å². The van der Waals surface area contributed by atoms with E-state index in [1.165, 1.54) is 0 Å². The Morgan fingerprint density at radius 1 is 1.34 bits per heavy atom. The second-order valence-corrected chi connectivity index (χ2v) is 7.80. The highest BCUT2D eigenvalue weighted by atomic mass is 32.1. The van der Waals surface area contributed by atoms with Crippen LogP contribution in [0.3, 0.4) is 0 Å². The van der Waals surface area contributed by atoms with Gasteiger partial charge in [-0.25, -0.2) is 4.99 Å². The maximum atomic E-state index is 12.7. The number of aryl methyl sites for hydroxylation is 1. The van der Waals surface area contributed by atoms with Crippen LogP contribution >= 0.6 is 12.2 Å². The van der Waals surface area contributed by atoms with Gasteiger partial charge in [-0.2, -0.15) is 5.10 Å². The average molecular weight is 460 g/mol. The molecule has 1 N–H and O–H groups in total. The summed E-state index contributed by atoms with van der Waals surface area (Å²) in [6, 6.07) is 5.04. The minimum Gasteiger partial charge on any atom is -0.496 e. The third-order valence-electron chi connectivity index (χ3n) is 5.39. The third-order valence-corrected chi connectivity index (χ3v) is 5.60. The first kappa shape index (κ1) is 23.3. The molecule has 3 rings (SSSR count). The zero-order valence-electron chi connectivity index (χ0n) is 18.5. The first-order chi connectivity index (χ1) is 15.2. The second kappa shape index (κ2) is 9.43. The molecule has 2 aromatic rings. The summed E-state index contributed by atoms with van der Waals surface area (Å²) in [6.07, 6.45) is 0. The van der Waals surface area contributed by atoms with Crippen LogP contribution in [0.15, 0.2) is 23.2 Å². The molecule has 170 valence electrons. The smallest absolute Gasteiger partial charge is 0.317 e. The molecule has 2 heterocycles. The zero-order valence-corrected chi connectivity index (χ0v) is 19.4. The van der Waals surface area contributed by atoms with Crippen LogP contribution in [0.4, 0.5) is 5.69 Å². The molecule has 10 nitrogen and oxygen atoms in total. The van der Waals surface area contributed by atoms with Gasteiger partial charge < -0.3 is 14.8 Å². The number of carbonyl (C=O) groups excluding carboxylic acids is 1. The van der Waals surface area contributed by atoms with Crippen LogP contribution in [0.1, 0.15) is 42.4 Å². The number of nitrogens with one attached hydrogen (secondary N) is 1. The topological polar surface area (TPSA) is 121 Å². The summed E-state index contributed by atoms with van der Waals surface area (Å²) in [6.45, 7) is 7.27. The van der Waals surface area contributed by atoms with Gasteiger partial charge in [-0.1, -0.05) is 6.07 Å². The fourth-order valence-electron chi connectivity index (χ4n) is 3.92. The Bertz CT molecular complexity index is 1110. The number of hydrogen-bond donors (Lipinski definition) is 1. The SMILES string of the molecule is CCOC(=O)C1C(C)=NC(=S)NC1c1ccc(OC)c(Cn2nc(C)c([N+](=O)[O-])c2C)c1. The lowest BCUT2D eigenvalue weighted by molar-refractivity contribution is -0.386. The van der Waals surface area contributed by atoms with Gasteiger partial charge in [0.2, 0.25) is 0 Å². The van der Waals surface area contributed by atoms with E-state index in [1.807, 2.05) is 12.1 Å². The largest absolute Gasteiger partial charge is 0.496 e. The number of nitrogens with zero attached hydrogens (tertiary/aromatic N) is 4. The number of aromatic nitrogens is 2. The zero-order chi connectivity index (χ0) is 23.6. The van der Waals surface area contributed by atoms with Gasteiger partial charge in [0.25, 0.3) is 0 Å². The lowest BCUT2D eigenvalue weighted by atomic mass is 9.87. The van der Waals surface area contributed by atoms with E-state index in [0.29, 0.717) is 28.0 Å². The van der Waals surface area contributed by atoms with Crippen molar-refractivity contribution in [1.29, 1.82) is 0 Å². The van der Waals surface area contributed by atoms with Crippen LogP contribution in [-0.2, 0) is 16.1 Å². The standard InChI is InChI=1S/C21H25N5O5S/c1-6-31-20(27)17-11(2)22-21(32)23-18(17)14-7-8-16(30-5)15(9-14)10-25-13(4)19(26(28)29)12(3)24-25/h7-9,17-18H,6,10H2,1-5H3,(H,23,32). The van der Waals surface area contributed by atoms with Gasteiger partial charge in [0.1, 0.15) is 23.1 Å².